The Bertz CT molecular complexity index is 1960. The van der Waals surface area contributed by atoms with Gasteiger partial charge in [-0.1, -0.05) is 56.3 Å². The average Bonchev–Trinajstić information content (AvgIpc) is 3.78. The zero-order valence-electron chi connectivity index (χ0n) is 33.3. The molecule has 2 aliphatic carbocycles. The number of carbonyl (C=O) groups excluding carboxylic acids is 3. The number of ether oxygens (including phenoxy) is 3. The maximum Gasteiger partial charge on any atom is 0.338 e. The molecule has 1 saturated carbocycles. The molecule has 3 aromatic rings. The first kappa shape index (κ1) is 38.4. The summed E-state index contributed by atoms with van der Waals surface area (Å²) in [5, 5.41) is 3.43. The number of allylic oxidation sites excluding steroid dienone is 1. The number of anilines is 2. The number of fused-ring (bicyclic) bond motifs is 2. The van der Waals surface area contributed by atoms with Crippen molar-refractivity contribution >= 4 is 29.2 Å². The standard InChI is InChI=1S/C46H55N3O6/c1-29-13-12-16-36-40-45(4,54-40)30(2)39-37(27-31-14-10-9-11-15-31)47-43(52)46(36,39)38(53-41(50)32-17-21-34(22-18-32)48(5)6)25-26-44(3,28-29)55-42(51)33-19-23-35(24-20-33)49(7)8/h9-12,14-26,29-30,36-40H,13,27-28H2,1-8H3,(H,47,52)/b16-12+,26-25+/t29-,30-,36-,37-,38+,39-,40-,44-,45+,46+/m0/s1. The molecule has 0 aromatic heterocycles. The van der Waals surface area contributed by atoms with E-state index in [0.29, 0.717) is 30.4 Å². The second-order valence-electron chi connectivity index (χ2n) is 17.0. The molecule has 7 rings (SSSR count). The molecular formula is C46H55N3O6. The maximum absolute atomic E-state index is 15.1. The van der Waals surface area contributed by atoms with E-state index in [1.54, 1.807) is 24.3 Å². The van der Waals surface area contributed by atoms with Crippen LogP contribution in [0.1, 0.15) is 66.8 Å². The Balaban J connectivity index is 1.34. The van der Waals surface area contributed by atoms with Crippen LogP contribution in [-0.4, -0.2) is 75.5 Å². The smallest absolute Gasteiger partial charge is 0.338 e. The zero-order chi connectivity index (χ0) is 39.3. The number of nitrogens with zero attached hydrogens (tertiary/aromatic N) is 2. The summed E-state index contributed by atoms with van der Waals surface area (Å²) in [6.07, 6.45) is 8.58. The summed E-state index contributed by atoms with van der Waals surface area (Å²) in [5.74, 6) is -1.72. The molecule has 2 heterocycles. The lowest BCUT2D eigenvalue weighted by molar-refractivity contribution is -0.143. The molecule has 9 nitrogen and oxygen atoms in total. The third-order valence-electron chi connectivity index (χ3n) is 12.7. The molecule has 290 valence electrons. The number of epoxide rings is 1. The Kier molecular flexibility index (Phi) is 10.2. The van der Waals surface area contributed by atoms with E-state index in [0.717, 1.165) is 16.9 Å². The van der Waals surface area contributed by atoms with E-state index < -0.39 is 34.7 Å². The van der Waals surface area contributed by atoms with Crippen LogP contribution in [-0.2, 0) is 25.4 Å². The molecule has 3 fully saturated rings. The van der Waals surface area contributed by atoms with Crippen LogP contribution < -0.4 is 15.1 Å². The second-order valence-corrected chi connectivity index (χ2v) is 17.0. The predicted octanol–water partition coefficient (Wildman–Crippen LogP) is 7.27. The first-order valence-electron chi connectivity index (χ1n) is 19.5. The second kappa shape index (κ2) is 14.6. The zero-order valence-corrected chi connectivity index (χ0v) is 33.3. The number of rotatable bonds is 8. The van der Waals surface area contributed by atoms with E-state index in [9.17, 15) is 9.59 Å². The number of hydrogen-bond donors (Lipinski definition) is 1. The molecule has 1 amide bonds. The summed E-state index contributed by atoms with van der Waals surface area (Å²) in [7, 11) is 7.79. The number of carbonyl (C=O) groups is 3. The van der Waals surface area contributed by atoms with Gasteiger partial charge in [-0.05, 0) is 111 Å². The van der Waals surface area contributed by atoms with Gasteiger partial charge in [0, 0.05) is 57.4 Å². The largest absolute Gasteiger partial charge is 0.453 e. The highest BCUT2D eigenvalue weighted by Gasteiger charge is 2.78. The van der Waals surface area contributed by atoms with Crippen LogP contribution in [0, 0.1) is 29.1 Å². The van der Waals surface area contributed by atoms with Crippen LogP contribution in [0.25, 0.3) is 0 Å². The summed E-state index contributed by atoms with van der Waals surface area (Å²) in [5.41, 5.74) is 1.11. The third kappa shape index (κ3) is 7.08. The van der Waals surface area contributed by atoms with Crippen molar-refractivity contribution in [2.75, 3.05) is 38.0 Å². The molecule has 0 bridgehead atoms. The molecule has 0 radical (unpaired) electrons. The molecule has 1 spiro atoms. The fraction of sp³-hybridized carbons (Fsp3) is 0.457. The highest BCUT2D eigenvalue weighted by atomic mass is 16.6. The van der Waals surface area contributed by atoms with Gasteiger partial charge in [0.25, 0.3) is 0 Å². The summed E-state index contributed by atoms with van der Waals surface area (Å²) >= 11 is 0. The number of hydrogen-bond acceptors (Lipinski definition) is 8. The van der Waals surface area contributed by atoms with Crippen molar-refractivity contribution in [3.05, 3.63) is 120 Å². The van der Waals surface area contributed by atoms with Gasteiger partial charge in [0.1, 0.15) is 17.1 Å². The fourth-order valence-corrected chi connectivity index (χ4v) is 9.67. The van der Waals surface area contributed by atoms with Crippen molar-refractivity contribution in [2.45, 2.75) is 76.4 Å². The monoisotopic (exact) mass is 745 g/mol. The Morgan fingerprint density at radius 2 is 1.44 bits per heavy atom. The lowest BCUT2D eigenvalue weighted by atomic mass is 9.51. The maximum atomic E-state index is 15.1. The van der Waals surface area contributed by atoms with E-state index in [-0.39, 0.29) is 41.7 Å². The first-order chi connectivity index (χ1) is 26.2. The van der Waals surface area contributed by atoms with Crippen molar-refractivity contribution in [2.24, 2.45) is 29.1 Å². The quantitative estimate of drug-likeness (QED) is 0.146. The molecule has 55 heavy (non-hydrogen) atoms. The number of esters is 2. The summed E-state index contributed by atoms with van der Waals surface area (Å²) in [6.45, 7) is 8.37. The van der Waals surface area contributed by atoms with Crippen molar-refractivity contribution in [3.8, 4) is 0 Å². The van der Waals surface area contributed by atoms with Gasteiger partial charge in [-0.25, -0.2) is 9.59 Å². The minimum Gasteiger partial charge on any atom is -0.453 e. The highest BCUT2D eigenvalue weighted by Crippen LogP contribution is 2.67. The SMILES string of the molecule is C[C@H]1C/C=C/[C@H]2[C@@H]3O[C@]3(C)[C@@H](C)[C@H]3[C@H](Cc4ccccc4)NC(=O)[C@]32[C@H](OC(=O)c2ccc(N(C)C)cc2)/C=C/[C@](C)(OC(=O)c2ccc(N(C)C)cc2)C1. The van der Waals surface area contributed by atoms with Gasteiger partial charge >= 0.3 is 11.9 Å². The van der Waals surface area contributed by atoms with Gasteiger partial charge in [0.05, 0.1) is 22.8 Å². The van der Waals surface area contributed by atoms with Crippen LogP contribution in [0.5, 0.6) is 0 Å². The van der Waals surface area contributed by atoms with Crippen LogP contribution in [0.4, 0.5) is 11.4 Å². The number of amides is 1. The van der Waals surface area contributed by atoms with Crippen molar-refractivity contribution in [1.29, 1.82) is 0 Å². The minimum absolute atomic E-state index is 0.0535. The summed E-state index contributed by atoms with van der Waals surface area (Å²) in [4.78, 5) is 47.2. The van der Waals surface area contributed by atoms with Crippen LogP contribution >= 0.6 is 0 Å². The lowest BCUT2D eigenvalue weighted by Crippen LogP contribution is -2.60. The molecule has 2 saturated heterocycles. The average molecular weight is 746 g/mol. The topological polar surface area (TPSA) is 101 Å². The van der Waals surface area contributed by atoms with E-state index >= 15 is 4.79 Å². The Morgan fingerprint density at radius 3 is 2.04 bits per heavy atom. The van der Waals surface area contributed by atoms with Crippen LogP contribution in [0.2, 0.25) is 0 Å². The van der Waals surface area contributed by atoms with Gasteiger partial charge in [-0.15, -0.1) is 0 Å². The summed E-state index contributed by atoms with van der Waals surface area (Å²) in [6, 6.07) is 24.5. The number of benzene rings is 3. The molecule has 3 aromatic carbocycles. The predicted molar refractivity (Wildman–Crippen MR) is 215 cm³/mol. The Hall–Kier alpha value is -4.89. The highest BCUT2D eigenvalue weighted by molar-refractivity contribution is 5.93. The summed E-state index contributed by atoms with van der Waals surface area (Å²) < 4.78 is 19.7. The van der Waals surface area contributed by atoms with E-state index in [1.165, 1.54) is 0 Å². The van der Waals surface area contributed by atoms with E-state index in [1.807, 2.05) is 99.5 Å². The fourth-order valence-electron chi connectivity index (χ4n) is 9.67. The van der Waals surface area contributed by atoms with Gasteiger partial charge in [0.2, 0.25) is 5.91 Å². The molecule has 0 unspecified atom stereocenters. The van der Waals surface area contributed by atoms with E-state index in [2.05, 4.69) is 50.4 Å². The van der Waals surface area contributed by atoms with Crippen LogP contribution in [0.3, 0.4) is 0 Å². The molecule has 10 atom stereocenters. The Labute approximate surface area is 325 Å². The minimum atomic E-state index is -1.22. The Morgan fingerprint density at radius 1 is 0.836 bits per heavy atom. The molecular weight excluding hydrogens is 691 g/mol. The van der Waals surface area contributed by atoms with Gasteiger partial charge < -0.3 is 29.3 Å². The van der Waals surface area contributed by atoms with Crippen molar-refractivity contribution in [3.63, 3.8) is 0 Å². The van der Waals surface area contributed by atoms with Crippen molar-refractivity contribution < 1.29 is 28.6 Å². The number of nitrogens with one attached hydrogen (secondary N) is 1. The third-order valence-corrected chi connectivity index (χ3v) is 12.7. The van der Waals surface area contributed by atoms with Crippen molar-refractivity contribution in [1.82, 2.24) is 5.32 Å². The molecule has 9 heteroatoms. The normalized spacial score (nSPS) is 34.7. The molecule has 4 aliphatic rings. The lowest BCUT2D eigenvalue weighted by Gasteiger charge is -2.49. The van der Waals surface area contributed by atoms with Gasteiger partial charge in [-0.2, -0.15) is 0 Å². The van der Waals surface area contributed by atoms with Crippen LogP contribution in [0.15, 0.2) is 103 Å². The van der Waals surface area contributed by atoms with E-state index in [4.69, 9.17) is 14.2 Å². The van der Waals surface area contributed by atoms with Gasteiger partial charge in [-0.3, -0.25) is 4.79 Å². The first-order valence-corrected chi connectivity index (χ1v) is 19.5. The van der Waals surface area contributed by atoms with Gasteiger partial charge in [0.15, 0.2) is 0 Å². The molecule has 1 N–H and O–H groups in total. The molecule has 2 aliphatic heterocycles.